The molecule has 17 heavy (non-hydrogen) atoms. The number of carbonyl (C=O) groups is 1. The van der Waals surface area contributed by atoms with Crippen molar-refractivity contribution in [3.8, 4) is 0 Å². The van der Waals surface area contributed by atoms with E-state index in [1.165, 1.54) is 0 Å². The van der Waals surface area contributed by atoms with Gasteiger partial charge < -0.3 is 20.1 Å². The molecule has 3 N–H and O–H groups in total. The number of aliphatic hydroxyl groups excluding tert-OH is 3. The molecule has 0 aliphatic carbocycles. The van der Waals surface area contributed by atoms with Crippen LogP contribution in [0.15, 0.2) is 0 Å². The number of ether oxygens (including phenoxy) is 1. The molecule has 0 radical (unpaired) electrons. The van der Waals surface area contributed by atoms with Crippen molar-refractivity contribution in [2.24, 2.45) is 5.92 Å². The van der Waals surface area contributed by atoms with E-state index in [2.05, 4.69) is 18.6 Å². The van der Waals surface area contributed by atoms with Gasteiger partial charge in [-0.3, -0.25) is 4.79 Å². The molecule has 2 unspecified atom stereocenters. The number of hydrogen-bond acceptors (Lipinski definition) is 5. The maximum absolute atomic E-state index is 11.2. The second-order valence-corrected chi connectivity index (χ2v) is 4.62. The maximum Gasteiger partial charge on any atom is 0.308 e. The van der Waals surface area contributed by atoms with Crippen LogP contribution >= 0.6 is 0 Å². The van der Waals surface area contributed by atoms with E-state index < -0.39 is 25.0 Å². The summed E-state index contributed by atoms with van der Waals surface area (Å²) in [5.74, 6) is 0.123. The first-order chi connectivity index (χ1) is 7.97. The summed E-state index contributed by atoms with van der Waals surface area (Å²) in [6.07, 6.45) is 1.04. The van der Waals surface area contributed by atoms with Gasteiger partial charge in [-0.1, -0.05) is 33.1 Å². The molecule has 0 amide bonds. The van der Waals surface area contributed by atoms with Crippen molar-refractivity contribution in [1.29, 1.82) is 0 Å². The average molecular weight is 248 g/mol. The molecule has 0 saturated carbocycles. The van der Waals surface area contributed by atoms with Gasteiger partial charge in [-0.15, -0.1) is 0 Å². The zero-order chi connectivity index (χ0) is 13.3. The Bertz CT molecular complexity index is 205. The first-order valence-electron chi connectivity index (χ1n) is 6.13. The molecule has 0 aromatic rings. The second-order valence-electron chi connectivity index (χ2n) is 4.62. The summed E-state index contributed by atoms with van der Waals surface area (Å²) < 4.78 is 4.54. The lowest BCUT2D eigenvalue weighted by Gasteiger charge is -2.15. The Morgan fingerprint density at radius 3 is 2.35 bits per heavy atom. The van der Waals surface area contributed by atoms with Gasteiger partial charge >= 0.3 is 5.97 Å². The number of hydrogen-bond donors (Lipinski definition) is 3. The number of unbranched alkanes of at least 4 members (excludes halogenated alkanes) is 2. The third-order valence-electron chi connectivity index (χ3n) is 2.43. The van der Waals surface area contributed by atoms with Gasteiger partial charge in [-0.2, -0.15) is 0 Å². The van der Waals surface area contributed by atoms with Crippen LogP contribution in [0, 0.1) is 5.92 Å². The Balaban J connectivity index is 3.53. The van der Waals surface area contributed by atoms with Crippen LogP contribution in [-0.4, -0.2) is 40.3 Å². The first kappa shape index (κ1) is 16.4. The maximum atomic E-state index is 11.2. The zero-order valence-corrected chi connectivity index (χ0v) is 10.6. The summed E-state index contributed by atoms with van der Waals surface area (Å²) in [7, 11) is 0. The lowest BCUT2D eigenvalue weighted by molar-refractivity contribution is -0.190. The topological polar surface area (TPSA) is 87.0 Å². The lowest BCUT2D eigenvalue weighted by atomic mass is 10.0. The van der Waals surface area contributed by atoms with Gasteiger partial charge in [0, 0.05) is 6.42 Å². The van der Waals surface area contributed by atoms with Gasteiger partial charge in [0.1, 0.15) is 6.10 Å². The molecular weight excluding hydrogens is 224 g/mol. The van der Waals surface area contributed by atoms with Crippen molar-refractivity contribution >= 4 is 5.97 Å². The van der Waals surface area contributed by atoms with E-state index in [1.54, 1.807) is 0 Å². The summed E-state index contributed by atoms with van der Waals surface area (Å²) in [5.41, 5.74) is 0. The Morgan fingerprint density at radius 1 is 1.18 bits per heavy atom. The molecule has 0 spiro atoms. The fourth-order valence-electron chi connectivity index (χ4n) is 1.36. The third kappa shape index (κ3) is 9.09. The molecule has 102 valence electrons. The zero-order valence-electron chi connectivity index (χ0n) is 10.6. The van der Waals surface area contributed by atoms with Crippen molar-refractivity contribution in [1.82, 2.24) is 0 Å². The van der Waals surface area contributed by atoms with Crippen molar-refractivity contribution in [2.75, 3.05) is 6.61 Å². The largest absolute Gasteiger partial charge is 0.433 e. The van der Waals surface area contributed by atoms with Gasteiger partial charge in [0.2, 0.25) is 6.29 Å². The molecular formula is C12H24O5. The highest BCUT2D eigenvalue weighted by molar-refractivity contribution is 5.69. The van der Waals surface area contributed by atoms with Crippen molar-refractivity contribution in [2.45, 2.75) is 58.3 Å². The quantitative estimate of drug-likeness (QED) is 0.319. The van der Waals surface area contributed by atoms with Gasteiger partial charge in [0.25, 0.3) is 0 Å². The van der Waals surface area contributed by atoms with Crippen LogP contribution in [0.5, 0.6) is 0 Å². The highest BCUT2D eigenvalue weighted by Gasteiger charge is 2.19. The Kier molecular flexibility index (Phi) is 9.03. The summed E-state index contributed by atoms with van der Waals surface area (Å²) in [6, 6.07) is 0. The van der Waals surface area contributed by atoms with Crippen LogP contribution in [0.2, 0.25) is 0 Å². The fraction of sp³-hybridized carbons (Fsp3) is 0.917. The van der Waals surface area contributed by atoms with Crippen LogP contribution in [0.4, 0.5) is 0 Å². The van der Waals surface area contributed by atoms with Gasteiger partial charge in [-0.25, -0.2) is 0 Å². The molecule has 0 bridgehead atoms. The summed E-state index contributed by atoms with van der Waals surface area (Å²) in [5, 5.41) is 26.6. The fourth-order valence-corrected chi connectivity index (χ4v) is 1.36. The SMILES string of the molecule is CC(C)CCCCCC(=O)OC(O)C(O)CO. The molecule has 2 atom stereocenters. The summed E-state index contributed by atoms with van der Waals surface area (Å²) >= 11 is 0. The molecule has 0 aromatic heterocycles. The van der Waals surface area contributed by atoms with Crippen LogP contribution < -0.4 is 0 Å². The number of carbonyl (C=O) groups excluding carboxylic acids is 1. The van der Waals surface area contributed by atoms with Crippen LogP contribution in [0.1, 0.15) is 46.0 Å². The molecule has 0 aliphatic heterocycles. The predicted molar refractivity (Wildman–Crippen MR) is 63.1 cm³/mol. The molecule has 0 rings (SSSR count). The van der Waals surface area contributed by atoms with Crippen molar-refractivity contribution in [3.63, 3.8) is 0 Å². The molecule has 0 aliphatic rings. The highest BCUT2D eigenvalue weighted by atomic mass is 16.6. The Labute approximate surface area is 102 Å². The molecule has 0 heterocycles. The molecule has 5 heteroatoms. The normalized spacial score (nSPS) is 14.7. The van der Waals surface area contributed by atoms with E-state index in [1.807, 2.05) is 0 Å². The van der Waals surface area contributed by atoms with Gasteiger partial charge in [0.15, 0.2) is 0 Å². The average Bonchev–Trinajstić information content (AvgIpc) is 2.26. The highest BCUT2D eigenvalue weighted by Crippen LogP contribution is 2.10. The number of aliphatic hydroxyl groups is 3. The van der Waals surface area contributed by atoms with Crippen LogP contribution in [-0.2, 0) is 9.53 Å². The minimum atomic E-state index is -1.64. The Hall–Kier alpha value is -0.650. The molecule has 0 fully saturated rings. The minimum absolute atomic E-state index is 0.229. The summed E-state index contributed by atoms with van der Waals surface area (Å²) in [4.78, 5) is 11.2. The van der Waals surface area contributed by atoms with E-state index in [0.29, 0.717) is 12.3 Å². The number of esters is 1. The number of rotatable bonds is 9. The van der Waals surface area contributed by atoms with E-state index in [-0.39, 0.29) is 6.42 Å². The van der Waals surface area contributed by atoms with Gasteiger partial charge in [-0.05, 0) is 12.3 Å². The predicted octanol–water partition coefficient (Wildman–Crippen LogP) is 0.808. The van der Waals surface area contributed by atoms with E-state index in [9.17, 15) is 4.79 Å². The van der Waals surface area contributed by atoms with Crippen LogP contribution in [0.25, 0.3) is 0 Å². The lowest BCUT2D eigenvalue weighted by Crippen LogP contribution is -2.33. The van der Waals surface area contributed by atoms with Gasteiger partial charge in [0.05, 0.1) is 6.61 Å². The van der Waals surface area contributed by atoms with E-state index in [4.69, 9.17) is 15.3 Å². The Morgan fingerprint density at radius 2 is 1.82 bits per heavy atom. The van der Waals surface area contributed by atoms with Crippen molar-refractivity contribution in [3.05, 3.63) is 0 Å². The summed E-state index contributed by atoms with van der Waals surface area (Å²) in [6.45, 7) is 3.67. The smallest absolute Gasteiger partial charge is 0.308 e. The molecule has 0 aromatic carbocycles. The second kappa shape index (κ2) is 9.39. The molecule has 0 saturated heterocycles. The standard InChI is InChI=1S/C12H24O5/c1-9(2)6-4-3-5-7-11(15)17-12(16)10(14)8-13/h9-10,12-14,16H,3-8H2,1-2H3. The van der Waals surface area contributed by atoms with E-state index >= 15 is 0 Å². The molecule has 5 nitrogen and oxygen atoms in total. The first-order valence-corrected chi connectivity index (χ1v) is 6.13. The minimum Gasteiger partial charge on any atom is -0.433 e. The monoisotopic (exact) mass is 248 g/mol. The van der Waals surface area contributed by atoms with Crippen LogP contribution in [0.3, 0.4) is 0 Å². The third-order valence-corrected chi connectivity index (χ3v) is 2.43. The van der Waals surface area contributed by atoms with Crippen molar-refractivity contribution < 1.29 is 24.9 Å². The van der Waals surface area contributed by atoms with E-state index in [0.717, 1.165) is 19.3 Å².